The van der Waals surface area contributed by atoms with Gasteiger partial charge in [0, 0.05) is 20.1 Å². The van der Waals surface area contributed by atoms with E-state index in [2.05, 4.69) is 12.2 Å². The molecule has 3 fully saturated rings. The Labute approximate surface area is 110 Å². The Morgan fingerprint density at radius 2 is 1.47 bits per heavy atom. The summed E-state index contributed by atoms with van der Waals surface area (Å²) in [4.78, 5) is 23.7. The van der Waals surface area contributed by atoms with E-state index in [-0.39, 0.29) is 47.8 Å². The Hall–Kier alpha value is -1.20. The average molecular weight is 264 g/mol. The van der Waals surface area contributed by atoms with Gasteiger partial charge in [0.1, 0.15) is 0 Å². The van der Waals surface area contributed by atoms with Crippen molar-refractivity contribution in [1.82, 2.24) is 0 Å². The van der Waals surface area contributed by atoms with Crippen LogP contribution in [0.15, 0.2) is 12.2 Å². The van der Waals surface area contributed by atoms with Crippen LogP contribution < -0.4 is 0 Å². The molecule has 5 heteroatoms. The minimum absolute atomic E-state index is 0.108. The van der Waals surface area contributed by atoms with Crippen molar-refractivity contribution in [2.45, 2.75) is 6.29 Å². The monoisotopic (exact) mass is 264 g/mol. The van der Waals surface area contributed by atoms with Crippen LogP contribution in [0.5, 0.6) is 0 Å². The number of carbonyl (C=O) groups excluding carboxylic acids is 2. The molecule has 0 aromatic rings. The Morgan fingerprint density at radius 3 is 1.89 bits per heavy atom. The summed E-state index contributed by atoms with van der Waals surface area (Å²) in [6.07, 6.45) is 3.94. The molecule has 0 aromatic heterocycles. The first-order chi connectivity index (χ1) is 9.19. The molecule has 102 valence electrons. The summed E-state index contributed by atoms with van der Waals surface area (Å²) in [6, 6.07) is 0. The molecular formula is C14H16O5. The smallest absolute Gasteiger partial charge is 0.318 e. The highest BCUT2D eigenvalue weighted by Gasteiger charge is 2.72. The molecule has 6 atom stereocenters. The molecule has 0 aromatic carbocycles. The second-order valence-electron chi connectivity index (χ2n) is 5.90. The standard InChI is InChI=1S/C14H16O5/c1-17-14(18-2)11-7-5-3-4-6(8(7)11)10-9(5)12(15)19-13(10)16/h3-11,14H,1-2H3/t5-,6-,7-,8-,9+,10+/m0/s1. The van der Waals surface area contributed by atoms with Gasteiger partial charge in [0.25, 0.3) is 0 Å². The molecule has 0 N–H and O–H groups in total. The first kappa shape index (κ1) is 11.6. The van der Waals surface area contributed by atoms with Crippen LogP contribution in [-0.4, -0.2) is 32.4 Å². The fourth-order valence-corrected chi connectivity index (χ4v) is 4.74. The Bertz CT molecular complexity index is 444. The van der Waals surface area contributed by atoms with Crippen molar-refractivity contribution in [3.8, 4) is 0 Å². The zero-order valence-corrected chi connectivity index (χ0v) is 10.8. The van der Waals surface area contributed by atoms with Gasteiger partial charge in [0.05, 0.1) is 11.8 Å². The van der Waals surface area contributed by atoms with Crippen LogP contribution in [0.2, 0.25) is 0 Å². The molecule has 2 saturated carbocycles. The van der Waals surface area contributed by atoms with E-state index in [1.807, 2.05) is 0 Å². The zero-order valence-electron chi connectivity index (χ0n) is 10.8. The van der Waals surface area contributed by atoms with Gasteiger partial charge in [-0.25, -0.2) is 0 Å². The maximum Gasteiger partial charge on any atom is 0.318 e. The lowest BCUT2D eigenvalue weighted by Gasteiger charge is -2.36. The molecule has 5 rings (SSSR count). The molecule has 5 aliphatic rings. The molecule has 19 heavy (non-hydrogen) atoms. The topological polar surface area (TPSA) is 61.8 Å². The fraction of sp³-hybridized carbons (Fsp3) is 0.714. The molecule has 0 spiro atoms. The summed E-state index contributed by atoms with van der Waals surface area (Å²) < 4.78 is 15.6. The summed E-state index contributed by atoms with van der Waals surface area (Å²) >= 11 is 0. The van der Waals surface area contributed by atoms with Crippen LogP contribution in [-0.2, 0) is 23.8 Å². The number of hydrogen-bond donors (Lipinski definition) is 0. The van der Waals surface area contributed by atoms with Crippen molar-refractivity contribution in [2.75, 3.05) is 14.2 Å². The Kier molecular flexibility index (Phi) is 2.24. The SMILES string of the molecule is COC(OC)C1[C@H]2[C@@H]3C=C[C@H]([C@H]4C(=O)OC(=O)[C@H]34)[C@H]12. The number of methoxy groups -OCH3 is 2. The minimum atomic E-state index is -0.343. The normalized spacial score (nSPS) is 49.3. The van der Waals surface area contributed by atoms with Gasteiger partial charge in [-0.05, 0) is 23.7 Å². The lowest BCUT2D eigenvalue weighted by Crippen LogP contribution is -2.40. The van der Waals surface area contributed by atoms with Gasteiger partial charge in [-0.2, -0.15) is 0 Å². The number of ether oxygens (including phenoxy) is 3. The van der Waals surface area contributed by atoms with Crippen LogP contribution in [0.3, 0.4) is 0 Å². The van der Waals surface area contributed by atoms with Crippen LogP contribution >= 0.6 is 0 Å². The molecule has 2 bridgehead atoms. The number of allylic oxidation sites excluding steroid dienone is 2. The molecule has 1 saturated heterocycles. The van der Waals surface area contributed by atoms with Crippen molar-refractivity contribution in [1.29, 1.82) is 0 Å². The van der Waals surface area contributed by atoms with Gasteiger partial charge in [0.15, 0.2) is 6.29 Å². The first-order valence-corrected chi connectivity index (χ1v) is 6.68. The fourth-order valence-electron chi connectivity index (χ4n) is 4.74. The van der Waals surface area contributed by atoms with Crippen molar-refractivity contribution < 1.29 is 23.8 Å². The van der Waals surface area contributed by atoms with E-state index in [0.29, 0.717) is 11.8 Å². The first-order valence-electron chi connectivity index (χ1n) is 6.68. The predicted octanol–water partition coefficient (Wildman–Crippen LogP) is 0.599. The maximum atomic E-state index is 11.8. The summed E-state index contributed by atoms with van der Waals surface area (Å²) in [6.45, 7) is 0. The molecule has 1 heterocycles. The molecule has 5 nitrogen and oxygen atoms in total. The van der Waals surface area contributed by atoms with Crippen LogP contribution in [0.25, 0.3) is 0 Å². The number of carbonyl (C=O) groups is 2. The number of cyclic esters (lactones) is 2. The van der Waals surface area contributed by atoms with E-state index < -0.39 is 0 Å². The van der Waals surface area contributed by atoms with Crippen molar-refractivity contribution in [3.05, 3.63) is 12.2 Å². The third-order valence-electron chi connectivity index (χ3n) is 5.38. The lowest BCUT2D eigenvalue weighted by atomic mass is 9.63. The largest absolute Gasteiger partial charge is 0.393 e. The van der Waals surface area contributed by atoms with Gasteiger partial charge >= 0.3 is 11.9 Å². The van der Waals surface area contributed by atoms with Crippen LogP contribution in [0, 0.1) is 41.4 Å². The van der Waals surface area contributed by atoms with Gasteiger partial charge < -0.3 is 14.2 Å². The van der Waals surface area contributed by atoms with Crippen molar-refractivity contribution in [2.24, 2.45) is 41.4 Å². The second-order valence-corrected chi connectivity index (χ2v) is 5.90. The molecule has 1 aliphatic heterocycles. The highest BCUT2D eigenvalue weighted by molar-refractivity contribution is 5.97. The highest BCUT2D eigenvalue weighted by Crippen LogP contribution is 2.69. The van der Waals surface area contributed by atoms with Gasteiger partial charge in [-0.3, -0.25) is 9.59 Å². The van der Waals surface area contributed by atoms with Gasteiger partial charge in [0.2, 0.25) is 0 Å². The zero-order chi connectivity index (χ0) is 13.3. The number of esters is 2. The van der Waals surface area contributed by atoms with E-state index in [9.17, 15) is 9.59 Å². The average Bonchev–Trinajstić information content (AvgIpc) is 3.09. The minimum Gasteiger partial charge on any atom is -0.393 e. The highest BCUT2D eigenvalue weighted by atomic mass is 16.7. The third kappa shape index (κ3) is 1.27. The van der Waals surface area contributed by atoms with E-state index in [1.165, 1.54) is 0 Å². The summed E-state index contributed by atoms with van der Waals surface area (Å²) in [5.74, 6) is 0.0415. The summed E-state index contributed by atoms with van der Waals surface area (Å²) in [5, 5.41) is 0. The Morgan fingerprint density at radius 1 is 1.00 bits per heavy atom. The van der Waals surface area contributed by atoms with Crippen LogP contribution in [0.1, 0.15) is 0 Å². The lowest BCUT2D eigenvalue weighted by molar-refractivity contribution is -0.154. The molecule has 0 unspecified atom stereocenters. The maximum absolute atomic E-state index is 11.8. The van der Waals surface area contributed by atoms with E-state index >= 15 is 0 Å². The summed E-state index contributed by atoms with van der Waals surface area (Å²) in [5.41, 5.74) is 0. The molecule has 4 aliphatic carbocycles. The van der Waals surface area contributed by atoms with Gasteiger partial charge in [-0.15, -0.1) is 0 Å². The Balaban J connectivity index is 1.68. The third-order valence-corrected chi connectivity index (χ3v) is 5.38. The van der Waals surface area contributed by atoms with E-state index in [0.717, 1.165) is 0 Å². The quantitative estimate of drug-likeness (QED) is 0.323. The van der Waals surface area contributed by atoms with E-state index in [4.69, 9.17) is 14.2 Å². The molecular weight excluding hydrogens is 248 g/mol. The van der Waals surface area contributed by atoms with Crippen LogP contribution in [0.4, 0.5) is 0 Å². The second kappa shape index (κ2) is 3.67. The predicted molar refractivity (Wildman–Crippen MR) is 62.5 cm³/mol. The van der Waals surface area contributed by atoms with E-state index in [1.54, 1.807) is 14.2 Å². The summed E-state index contributed by atoms with van der Waals surface area (Å²) in [7, 11) is 3.27. The molecule has 0 amide bonds. The number of hydrogen-bond acceptors (Lipinski definition) is 5. The van der Waals surface area contributed by atoms with Crippen molar-refractivity contribution >= 4 is 11.9 Å². The van der Waals surface area contributed by atoms with Gasteiger partial charge in [-0.1, -0.05) is 12.2 Å². The number of rotatable bonds is 3. The molecule has 0 radical (unpaired) electrons. The van der Waals surface area contributed by atoms with Crippen molar-refractivity contribution in [3.63, 3.8) is 0 Å².